The summed E-state index contributed by atoms with van der Waals surface area (Å²) in [6.45, 7) is 3.62. The van der Waals surface area contributed by atoms with Gasteiger partial charge in [-0.2, -0.15) is 0 Å². The van der Waals surface area contributed by atoms with Gasteiger partial charge in [-0.3, -0.25) is 4.90 Å². The van der Waals surface area contributed by atoms with Crippen molar-refractivity contribution in [1.29, 1.82) is 0 Å². The van der Waals surface area contributed by atoms with E-state index in [-0.39, 0.29) is 5.75 Å². The van der Waals surface area contributed by atoms with Gasteiger partial charge in [-0.05, 0) is 50.2 Å². The highest BCUT2D eigenvalue weighted by atomic mass is 16.3. The molecule has 1 saturated heterocycles. The van der Waals surface area contributed by atoms with Crippen molar-refractivity contribution in [2.75, 3.05) is 31.1 Å². The molecular formula is C13H19N3O2. The molecular weight excluding hydrogens is 230 g/mol. The van der Waals surface area contributed by atoms with Gasteiger partial charge in [0, 0.05) is 18.8 Å². The highest BCUT2D eigenvalue weighted by Crippen LogP contribution is 2.18. The summed E-state index contributed by atoms with van der Waals surface area (Å²) in [6.07, 6.45) is 2.46. The SMILES string of the molecule is NC(=O)N(CCN1CCCC1)c1ccc(O)cc1. The second kappa shape index (κ2) is 5.73. The number of phenols is 1. The van der Waals surface area contributed by atoms with E-state index in [1.165, 1.54) is 17.7 Å². The summed E-state index contributed by atoms with van der Waals surface area (Å²) < 4.78 is 0. The second-order valence-corrected chi connectivity index (χ2v) is 4.56. The standard InChI is InChI=1S/C13H19N3O2/c14-13(18)16(10-9-15-7-1-2-8-15)11-3-5-12(17)6-4-11/h3-6,17H,1-2,7-10H2,(H2,14,18). The molecule has 0 saturated carbocycles. The molecule has 5 heteroatoms. The molecule has 1 fully saturated rings. The lowest BCUT2D eigenvalue weighted by molar-refractivity contribution is 0.252. The van der Waals surface area contributed by atoms with E-state index in [0.29, 0.717) is 6.54 Å². The van der Waals surface area contributed by atoms with E-state index in [0.717, 1.165) is 25.3 Å². The van der Waals surface area contributed by atoms with Gasteiger partial charge in [0.15, 0.2) is 0 Å². The molecule has 1 aliphatic rings. The number of carbonyl (C=O) groups excluding carboxylic acids is 1. The topological polar surface area (TPSA) is 69.8 Å². The first-order valence-corrected chi connectivity index (χ1v) is 6.25. The van der Waals surface area contributed by atoms with Crippen molar-refractivity contribution in [3.63, 3.8) is 0 Å². The maximum Gasteiger partial charge on any atom is 0.319 e. The summed E-state index contributed by atoms with van der Waals surface area (Å²) in [5.74, 6) is 0.183. The summed E-state index contributed by atoms with van der Waals surface area (Å²) in [4.78, 5) is 15.3. The van der Waals surface area contributed by atoms with Crippen LogP contribution in [0.2, 0.25) is 0 Å². The van der Waals surface area contributed by atoms with Crippen LogP contribution in [0.3, 0.4) is 0 Å². The van der Waals surface area contributed by atoms with Crippen molar-refractivity contribution < 1.29 is 9.90 Å². The molecule has 1 aromatic rings. The van der Waals surface area contributed by atoms with Crippen molar-refractivity contribution >= 4 is 11.7 Å². The van der Waals surface area contributed by atoms with Crippen molar-refractivity contribution in [3.05, 3.63) is 24.3 Å². The van der Waals surface area contributed by atoms with E-state index >= 15 is 0 Å². The summed E-state index contributed by atoms with van der Waals surface area (Å²) in [6, 6.07) is 6.05. The number of phenolic OH excluding ortho intramolecular Hbond substituents is 1. The molecule has 0 aliphatic carbocycles. The largest absolute Gasteiger partial charge is 0.508 e. The molecule has 1 aromatic carbocycles. The fourth-order valence-corrected chi connectivity index (χ4v) is 2.25. The number of likely N-dealkylation sites (tertiary alicyclic amines) is 1. The zero-order valence-corrected chi connectivity index (χ0v) is 10.4. The van der Waals surface area contributed by atoms with E-state index < -0.39 is 6.03 Å². The van der Waals surface area contributed by atoms with Gasteiger partial charge in [0.2, 0.25) is 0 Å². The zero-order valence-electron chi connectivity index (χ0n) is 10.4. The number of benzene rings is 1. The van der Waals surface area contributed by atoms with E-state index in [1.807, 2.05) is 0 Å². The lowest BCUT2D eigenvalue weighted by Gasteiger charge is -2.23. The highest BCUT2D eigenvalue weighted by molar-refractivity contribution is 5.90. The van der Waals surface area contributed by atoms with Crippen molar-refractivity contribution in [1.82, 2.24) is 4.90 Å². The van der Waals surface area contributed by atoms with Crippen LogP contribution in [-0.2, 0) is 0 Å². The Balaban J connectivity index is 1.99. The van der Waals surface area contributed by atoms with Gasteiger partial charge in [-0.1, -0.05) is 0 Å². The van der Waals surface area contributed by atoms with Crippen molar-refractivity contribution in [2.24, 2.45) is 5.73 Å². The Bertz CT molecular complexity index is 399. The van der Waals surface area contributed by atoms with Gasteiger partial charge < -0.3 is 15.7 Å². The molecule has 5 nitrogen and oxygen atoms in total. The van der Waals surface area contributed by atoms with Crippen molar-refractivity contribution in [3.8, 4) is 5.75 Å². The number of hydrogen-bond donors (Lipinski definition) is 2. The second-order valence-electron chi connectivity index (χ2n) is 4.56. The molecule has 98 valence electrons. The van der Waals surface area contributed by atoms with Crippen LogP contribution in [0, 0.1) is 0 Å². The Labute approximate surface area is 107 Å². The van der Waals surface area contributed by atoms with Crippen LogP contribution < -0.4 is 10.6 Å². The average Bonchev–Trinajstić information content (AvgIpc) is 2.84. The monoisotopic (exact) mass is 249 g/mol. The molecule has 18 heavy (non-hydrogen) atoms. The maximum absolute atomic E-state index is 11.5. The lowest BCUT2D eigenvalue weighted by Crippen LogP contribution is -2.41. The average molecular weight is 249 g/mol. The molecule has 0 spiro atoms. The number of nitrogens with two attached hydrogens (primary N) is 1. The molecule has 2 amide bonds. The van der Waals surface area contributed by atoms with Crippen LogP contribution in [0.25, 0.3) is 0 Å². The van der Waals surface area contributed by atoms with Gasteiger partial charge in [0.25, 0.3) is 0 Å². The number of aromatic hydroxyl groups is 1. The molecule has 3 N–H and O–H groups in total. The summed E-state index contributed by atoms with van der Waals surface area (Å²) >= 11 is 0. The minimum Gasteiger partial charge on any atom is -0.508 e. The predicted molar refractivity (Wildman–Crippen MR) is 70.7 cm³/mol. The number of urea groups is 1. The normalized spacial score (nSPS) is 15.8. The third-order valence-electron chi connectivity index (χ3n) is 3.27. The number of amides is 2. The number of rotatable bonds is 4. The van der Waals surface area contributed by atoms with Gasteiger partial charge >= 0.3 is 6.03 Å². The Hall–Kier alpha value is -1.75. The first-order valence-electron chi connectivity index (χ1n) is 6.25. The van der Waals surface area contributed by atoms with Gasteiger partial charge in [0.05, 0.1) is 0 Å². The van der Waals surface area contributed by atoms with E-state index in [1.54, 1.807) is 24.3 Å². The van der Waals surface area contributed by atoms with E-state index in [9.17, 15) is 9.90 Å². The lowest BCUT2D eigenvalue weighted by atomic mass is 10.2. The predicted octanol–water partition coefficient (Wildman–Crippen LogP) is 1.37. The van der Waals surface area contributed by atoms with Gasteiger partial charge in [-0.15, -0.1) is 0 Å². The van der Waals surface area contributed by atoms with E-state index in [2.05, 4.69) is 4.90 Å². The minimum atomic E-state index is -0.458. The maximum atomic E-state index is 11.5. The first kappa shape index (κ1) is 12.7. The highest BCUT2D eigenvalue weighted by Gasteiger charge is 2.16. The smallest absolute Gasteiger partial charge is 0.319 e. The third kappa shape index (κ3) is 3.13. The molecule has 1 aliphatic heterocycles. The quantitative estimate of drug-likeness (QED) is 0.846. The summed E-state index contributed by atoms with van der Waals surface area (Å²) in [5.41, 5.74) is 6.12. The number of hydrogen-bond acceptors (Lipinski definition) is 3. The molecule has 1 heterocycles. The van der Waals surface area contributed by atoms with Crippen molar-refractivity contribution in [2.45, 2.75) is 12.8 Å². The first-order chi connectivity index (χ1) is 8.66. The molecule has 0 atom stereocenters. The third-order valence-corrected chi connectivity index (χ3v) is 3.27. The Morgan fingerprint density at radius 2 is 1.89 bits per heavy atom. The number of carbonyl (C=O) groups is 1. The summed E-state index contributed by atoms with van der Waals surface area (Å²) in [5, 5.41) is 9.24. The van der Waals surface area contributed by atoms with Gasteiger partial charge in [-0.25, -0.2) is 4.79 Å². The zero-order chi connectivity index (χ0) is 13.0. The molecule has 0 aromatic heterocycles. The molecule has 0 bridgehead atoms. The Kier molecular flexibility index (Phi) is 4.04. The summed E-state index contributed by atoms with van der Waals surface area (Å²) in [7, 11) is 0. The Morgan fingerprint density at radius 1 is 1.28 bits per heavy atom. The van der Waals surface area contributed by atoms with Crippen LogP contribution in [0.5, 0.6) is 5.75 Å². The van der Waals surface area contributed by atoms with Crippen LogP contribution in [0.15, 0.2) is 24.3 Å². The number of primary amides is 1. The molecule has 0 unspecified atom stereocenters. The minimum absolute atomic E-state index is 0.183. The van der Waals surface area contributed by atoms with Crippen LogP contribution in [0.1, 0.15) is 12.8 Å². The number of nitrogens with zero attached hydrogens (tertiary/aromatic N) is 2. The van der Waals surface area contributed by atoms with Crippen LogP contribution >= 0.6 is 0 Å². The van der Waals surface area contributed by atoms with Crippen LogP contribution in [-0.4, -0.2) is 42.2 Å². The molecule has 2 rings (SSSR count). The van der Waals surface area contributed by atoms with Gasteiger partial charge in [0.1, 0.15) is 5.75 Å². The molecule has 0 radical (unpaired) electrons. The fraction of sp³-hybridized carbons (Fsp3) is 0.462. The Morgan fingerprint density at radius 3 is 2.44 bits per heavy atom. The van der Waals surface area contributed by atoms with E-state index in [4.69, 9.17) is 5.73 Å². The van der Waals surface area contributed by atoms with Crippen LogP contribution in [0.4, 0.5) is 10.5 Å². The fourth-order valence-electron chi connectivity index (χ4n) is 2.25. The number of anilines is 1.